The number of carbonyl (C=O) groups excluding carboxylic acids is 2. The molecule has 0 bridgehead atoms. The van der Waals surface area contributed by atoms with Crippen LogP contribution >= 0.6 is 0 Å². The molecule has 2 fully saturated rings. The SMILES string of the molecule is CC(=O)N[C@H]1[C@H](OC[C@H]2O[C@H](OCc3ccccc3)[C@H](NC(C)=O)[C@@H](O)[C@@H]2O)O[C@H](CO)[C@@H](O)[C@@H]1O. The standard InChI is InChI=1S/C23H34N2O11/c1-11(27)24-16-20(31)18(29)14(8-26)35-23(16)34-10-15-19(30)21(32)17(25-12(2)28)22(36-15)33-9-13-6-4-3-5-7-13/h3-7,14-23,26,29-32H,8-10H2,1-2H3,(H,24,27)(H,25,28)/t14-,15-,16-,17-,18-,19-,20-,21-,22+,23-/m1/s1. The third kappa shape index (κ3) is 6.97. The average molecular weight is 515 g/mol. The molecule has 13 heteroatoms. The van der Waals surface area contributed by atoms with Crippen molar-refractivity contribution >= 4 is 11.8 Å². The predicted octanol–water partition coefficient (Wildman–Crippen LogP) is -2.89. The van der Waals surface area contributed by atoms with Gasteiger partial charge < -0.3 is 55.1 Å². The summed E-state index contributed by atoms with van der Waals surface area (Å²) in [5.74, 6) is -0.989. The molecule has 0 radical (unpaired) electrons. The van der Waals surface area contributed by atoms with Crippen LogP contribution in [0.15, 0.2) is 30.3 Å². The topological polar surface area (TPSA) is 196 Å². The van der Waals surface area contributed by atoms with Gasteiger partial charge in [-0.1, -0.05) is 30.3 Å². The Hall–Kier alpha value is -2.20. The third-order valence-corrected chi connectivity index (χ3v) is 6.00. The lowest BCUT2D eigenvalue weighted by atomic mass is 9.96. The van der Waals surface area contributed by atoms with E-state index in [1.807, 2.05) is 30.3 Å². The summed E-state index contributed by atoms with van der Waals surface area (Å²) < 4.78 is 22.8. The van der Waals surface area contributed by atoms with Crippen LogP contribution in [-0.4, -0.2) is 112 Å². The number of benzene rings is 1. The van der Waals surface area contributed by atoms with E-state index in [1.165, 1.54) is 13.8 Å². The molecule has 0 aromatic heterocycles. The van der Waals surface area contributed by atoms with Crippen molar-refractivity contribution in [1.29, 1.82) is 0 Å². The van der Waals surface area contributed by atoms with Crippen LogP contribution in [-0.2, 0) is 35.1 Å². The molecular weight excluding hydrogens is 480 g/mol. The molecule has 2 heterocycles. The fourth-order valence-corrected chi connectivity index (χ4v) is 4.15. The van der Waals surface area contributed by atoms with Gasteiger partial charge in [-0.15, -0.1) is 0 Å². The van der Waals surface area contributed by atoms with Crippen molar-refractivity contribution in [2.45, 2.75) is 81.7 Å². The van der Waals surface area contributed by atoms with E-state index in [0.717, 1.165) is 5.56 Å². The average Bonchev–Trinajstić information content (AvgIpc) is 2.85. The maximum absolute atomic E-state index is 11.7. The Morgan fingerprint density at radius 1 is 0.806 bits per heavy atom. The maximum atomic E-state index is 11.7. The van der Waals surface area contributed by atoms with Crippen molar-refractivity contribution in [3.8, 4) is 0 Å². The zero-order valence-corrected chi connectivity index (χ0v) is 20.0. The minimum absolute atomic E-state index is 0.0938. The fourth-order valence-electron chi connectivity index (χ4n) is 4.15. The van der Waals surface area contributed by atoms with Gasteiger partial charge >= 0.3 is 0 Å². The van der Waals surface area contributed by atoms with Gasteiger partial charge in [-0.25, -0.2) is 0 Å². The molecule has 0 saturated carbocycles. The van der Waals surface area contributed by atoms with E-state index in [9.17, 15) is 35.1 Å². The van der Waals surface area contributed by atoms with Gasteiger partial charge in [0.25, 0.3) is 0 Å². The second-order valence-corrected chi connectivity index (χ2v) is 8.81. The van der Waals surface area contributed by atoms with E-state index < -0.39 is 86.3 Å². The zero-order chi connectivity index (χ0) is 26.4. The van der Waals surface area contributed by atoms with Crippen LogP contribution in [0.1, 0.15) is 19.4 Å². The Morgan fingerprint density at radius 3 is 1.83 bits per heavy atom. The molecule has 3 rings (SSSR count). The molecule has 10 atom stereocenters. The van der Waals surface area contributed by atoms with E-state index in [1.54, 1.807) is 0 Å². The van der Waals surface area contributed by atoms with Gasteiger partial charge in [0.1, 0.15) is 48.7 Å². The molecule has 0 unspecified atom stereocenters. The Kier molecular flexibility index (Phi) is 10.1. The van der Waals surface area contributed by atoms with Crippen LogP contribution in [0.4, 0.5) is 0 Å². The summed E-state index contributed by atoms with van der Waals surface area (Å²) in [5.41, 5.74) is 0.812. The lowest BCUT2D eigenvalue weighted by Gasteiger charge is -2.45. The fraction of sp³-hybridized carbons (Fsp3) is 0.652. The predicted molar refractivity (Wildman–Crippen MR) is 121 cm³/mol. The minimum atomic E-state index is -1.52. The summed E-state index contributed by atoms with van der Waals surface area (Å²) in [6.45, 7) is 1.53. The lowest BCUT2D eigenvalue weighted by molar-refractivity contribution is -0.305. The van der Waals surface area contributed by atoms with Crippen LogP contribution in [0.2, 0.25) is 0 Å². The molecule has 7 N–H and O–H groups in total. The van der Waals surface area contributed by atoms with Gasteiger partial charge in [0.05, 0.1) is 19.8 Å². The first-order chi connectivity index (χ1) is 17.1. The normalized spacial score (nSPS) is 36.8. The van der Waals surface area contributed by atoms with Crippen LogP contribution in [0, 0.1) is 0 Å². The second kappa shape index (κ2) is 12.9. The van der Waals surface area contributed by atoms with E-state index in [0.29, 0.717) is 0 Å². The molecule has 36 heavy (non-hydrogen) atoms. The largest absolute Gasteiger partial charge is 0.394 e. The molecule has 2 amide bonds. The summed E-state index contributed by atoms with van der Waals surface area (Å²) in [6.07, 6.45) is -10.8. The van der Waals surface area contributed by atoms with Crippen LogP contribution < -0.4 is 10.6 Å². The molecule has 1 aromatic carbocycles. The lowest BCUT2D eigenvalue weighted by Crippen LogP contribution is -2.66. The first-order valence-electron chi connectivity index (χ1n) is 11.6. The van der Waals surface area contributed by atoms with Crippen molar-refractivity contribution in [2.24, 2.45) is 0 Å². The molecule has 2 aliphatic heterocycles. The van der Waals surface area contributed by atoms with Gasteiger partial charge in [0.2, 0.25) is 11.8 Å². The number of ether oxygens (including phenoxy) is 4. The molecule has 1 aromatic rings. The third-order valence-electron chi connectivity index (χ3n) is 6.00. The monoisotopic (exact) mass is 514 g/mol. The summed E-state index contributed by atoms with van der Waals surface area (Å²) in [7, 11) is 0. The molecule has 2 saturated heterocycles. The summed E-state index contributed by atoms with van der Waals surface area (Å²) in [5, 5.41) is 56.3. The number of hydrogen-bond acceptors (Lipinski definition) is 11. The zero-order valence-electron chi connectivity index (χ0n) is 20.0. The van der Waals surface area contributed by atoms with Crippen LogP contribution in [0.5, 0.6) is 0 Å². The van der Waals surface area contributed by atoms with Crippen molar-refractivity contribution in [3.05, 3.63) is 35.9 Å². The molecular formula is C23H34N2O11. The highest BCUT2D eigenvalue weighted by Gasteiger charge is 2.48. The Morgan fingerprint density at radius 2 is 1.31 bits per heavy atom. The quantitative estimate of drug-likeness (QED) is 0.179. The van der Waals surface area contributed by atoms with Gasteiger partial charge in [0, 0.05) is 13.8 Å². The smallest absolute Gasteiger partial charge is 0.217 e. The number of nitrogens with one attached hydrogen (secondary N) is 2. The van der Waals surface area contributed by atoms with Crippen molar-refractivity contribution in [2.75, 3.05) is 13.2 Å². The Bertz CT molecular complexity index is 860. The van der Waals surface area contributed by atoms with E-state index >= 15 is 0 Å². The van der Waals surface area contributed by atoms with Crippen molar-refractivity contribution in [1.82, 2.24) is 10.6 Å². The number of amides is 2. The molecule has 13 nitrogen and oxygen atoms in total. The highest BCUT2D eigenvalue weighted by atomic mass is 16.7. The van der Waals surface area contributed by atoms with E-state index in [2.05, 4.69) is 10.6 Å². The molecule has 202 valence electrons. The van der Waals surface area contributed by atoms with Crippen LogP contribution in [0.3, 0.4) is 0 Å². The first kappa shape index (κ1) is 28.4. The number of rotatable bonds is 9. The van der Waals surface area contributed by atoms with Gasteiger partial charge in [-0.3, -0.25) is 9.59 Å². The van der Waals surface area contributed by atoms with Gasteiger partial charge in [0.15, 0.2) is 12.6 Å². The second-order valence-electron chi connectivity index (χ2n) is 8.81. The minimum Gasteiger partial charge on any atom is -0.394 e. The molecule has 0 spiro atoms. The summed E-state index contributed by atoms with van der Waals surface area (Å²) >= 11 is 0. The van der Waals surface area contributed by atoms with Crippen LogP contribution in [0.25, 0.3) is 0 Å². The number of carbonyl (C=O) groups is 2. The number of hydrogen-bond donors (Lipinski definition) is 7. The summed E-state index contributed by atoms with van der Waals surface area (Å²) in [6, 6.07) is 6.86. The summed E-state index contributed by atoms with van der Waals surface area (Å²) in [4.78, 5) is 23.3. The number of aliphatic hydroxyl groups is 5. The van der Waals surface area contributed by atoms with Crippen molar-refractivity contribution < 1.29 is 54.1 Å². The molecule has 2 aliphatic rings. The van der Waals surface area contributed by atoms with Gasteiger partial charge in [-0.2, -0.15) is 0 Å². The molecule has 0 aliphatic carbocycles. The highest BCUT2D eigenvalue weighted by molar-refractivity contribution is 5.73. The van der Waals surface area contributed by atoms with Crippen molar-refractivity contribution in [3.63, 3.8) is 0 Å². The van der Waals surface area contributed by atoms with Gasteiger partial charge in [-0.05, 0) is 5.56 Å². The number of aliphatic hydroxyl groups excluding tert-OH is 5. The Balaban J connectivity index is 1.71. The van der Waals surface area contributed by atoms with E-state index in [-0.39, 0.29) is 6.61 Å². The first-order valence-corrected chi connectivity index (χ1v) is 11.6. The Labute approximate surface area is 207 Å². The van der Waals surface area contributed by atoms with E-state index in [4.69, 9.17) is 18.9 Å². The maximum Gasteiger partial charge on any atom is 0.217 e. The highest BCUT2D eigenvalue weighted by Crippen LogP contribution is 2.26.